The number of benzene rings is 2. The molecule has 1 N–H and O–H groups in total. The number of sulfonamides is 1. The van der Waals surface area contributed by atoms with Gasteiger partial charge in [0, 0.05) is 19.5 Å². The van der Waals surface area contributed by atoms with Crippen molar-refractivity contribution >= 4 is 21.6 Å². The van der Waals surface area contributed by atoms with E-state index < -0.39 is 16.6 Å². The number of hydrogen-bond donors (Lipinski definition) is 1. The van der Waals surface area contributed by atoms with Crippen LogP contribution < -0.4 is 10.2 Å². The summed E-state index contributed by atoms with van der Waals surface area (Å²) in [5.41, 5.74) is 4.43. The monoisotopic (exact) mass is 481 g/mol. The molecule has 0 saturated carbocycles. The minimum Gasteiger partial charge on any atom is -0.435 e. The predicted molar refractivity (Wildman–Crippen MR) is 118 cm³/mol. The zero-order valence-corrected chi connectivity index (χ0v) is 18.9. The average molecular weight is 482 g/mol. The third kappa shape index (κ3) is 7.04. The Balaban J connectivity index is 1.50. The summed E-state index contributed by atoms with van der Waals surface area (Å²) in [6.45, 7) is 0.210. The number of aryl methyl sites for hydroxylation is 1. The summed E-state index contributed by atoms with van der Waals surface area (Å²) in [6.07, 6.45) is 0.575. The number of nitrogens with one attached hydrogen (secondary N) is 1. The van der Waals surface area contributed by atoms with E-state index in [1.54, 1.807) is 43.3 Å². The molecule has 0 unspecified atom stereocenters. The summed E-state index contributed by atoms with van der Waals surface area (Å²) in [6, 6.07) is 12.4. The van der Waals surface area contributed by atoms with Crippen molar-refractivity contribution in [1.29, 1.82) is 0 Å². The van der Waals surface area contributed by atoms with Crippen LogP contribution in [0.25, 0.3) is 0 Å². The number of amides is 1. The minimum absolute atomic E-state index is 0.0364. The highest BCUT2D eigenvalue weighted by Gasteiger charge is 2.26. The molecule has 11 heteroatoms. The zero-order valence-electron chi connectivity index (χ0n) is 18.0. The van der Waals surface area contributed by atoms with Crippen LogP contribution in [0.5, 0.6) is 5.75 Å². The summed E-state index contributed by atoms with van der Waals surface area (Å²) < 4.78 is 60.6. The second kappa shape index (κ2) is 11.3. The molecular formula is C22H25F2N3O5S. The topological polar surface area (TPSA) is 97.3 Å². The van der Waals surface area contributed by atoms with E-state index in [1.165, 1.54) is 16.4 Å². The van der Waals surface area contributed by atoms with Crippen LogP contribution in [0.1, 0.15) is 24.5 Å². The van der Waals surface area contributed by atoms with Crippen molar-refractivity contribution in [2.75, 3.05) is 26.3 Å². The highest BCUT2D eigenvalue weighted by Crippen LogP contribution is 2.18. The maximum absolute atomic E-state index is 12.6. The normalized spacial score (nSPS) is 15.5. The Morgan fingerprint density at radius 2 is 1.76 bits per heavy atom. The van der Waals surface area contributed by atoms with Crippen molar-refractivity contribution in [2.45, 2.75) is 31.3 Å². The molecule has 2 aromatic carbocycles. The Hall–Kier alpha value is -2.89. The van der Waals surface area contributed by atoms with Crippen molar-refractivity contribution in [3.63, 3.8) is 0 Å². The van der Waals surface area contributed by atoms with Gasteiger partial charge >= 0.3 is 6.61 Å². The van der Waals surface area contributed by atoms with E-state index >= 15 is 0 Å². The van der Waals surface area contributed by atoms with Gasteiger partial charge in [0.05, 0.1) is 23.8 Å². The molecule has 8 nitrogen and oxygen atoms in total. The molecule has 1 heterocycles. The Bertz CT molecular complexity index is 1070. The SMILES string of the molecule is C/C(=N/NC(=O)CCc1ccc(S(=O)(=O)N2CCOCC2)cc1)c1ccc(OC(F)F)cc1. The molecular weight excluding hydrogens is 456 g/mol. The first kappa shape index (κ1) is 24.7. The van der Waals surface area contributed by atoms with Crippen LogP contribution >= 0.6 is 0 Å². The number of ether oxygens (including phenoxy) is 2. The summed E-state index contributed by atoms with van der Waals surface area (Å²) >= 11 is 0. The molecule has 0 atom stereocenters. The molecule has 0 aliphatic carbocycles. The van der Waals surface area contributed by atoms with Gasteiger partial charge in [0.25, 0.3) is 0 Å². The molecule has 2 aromatic rings. The quantitative estimate of drug-likeness (QED) is 0.439. The molecule has 1 fully saturated rings. The number of alkyl halides is 2. The van der Waals surface area contributed by atoms with Gasteiger partial charge in [0.1, 0.15) is 5.75 Å². The first-order valence-electron chi connectivity index (χ1n) is 10.3. The fourth-order valence-electron chi connectivity index (χ4n) is 3.17. The molecule has 0 bridgehead atoms. The van der Waals surface area contributed by atoms with Gasteiger partial charge in [0.2, 0.25) is 15.9 Å². The number of halogens is 2. The van der Waals surface area contributed by atoms with Gasteiger partial charge in [-0.05, 0) is 60.9 Å². The van der Waals surface area contributed by atoms with E-state index in [0.717, 1.165) is 5.56 Å². The number of hydrogen-bond acceptors (Lipinski definition) is 6. The van der Waals surface area contributed by atoms with Gasteiger partial charge in [-0.2, -0.15) is 18.2 Å². The standard InChI is InChI=1S/C22H25F2N3O5S/c1-16(18-5-7-19(8-6-18)32-22(23)24)25-26-21(28)11-4-17-2-9-20(10-3-17)33(29,30)27-12-14-31-15-13-27/h2-3,5-10,22H,4,11-15H2,1H3,(H,26,28)/b25-16-. The predicted octanol–water partition coefficient (Wildman–Crippen LogP) is 2.78. The van der Waals surface area contributed by atoms with E-state index in [-0.39, 0.29) is 23.0 Å². The molecule has 1 amide bonds. The number of rotatable bonds is 9. The number of nitrogens with zero attached hydrogens (tertiary/aromatic N) is 2. The molecule has 178 valence electrons. The molecule has 1 aliphatic rings. The van der Waals surface area contributed by atoms with Gasteiger partial charge in [-0.1, -0.05) is 12.1 Å². The third-order valence-corrected chi connectivity index (χ3v) is 6.93. The molecule has 0 radical (unpaired) electrons. The number of carbonyl (C=O) groups excluding carboxylic acids is 1. The fourth-order valence-corrected chi connectivity index (χ4v) is 4.57. The van der Waals surface area contributed by atoms with Gasteiger partial charge in [0.15, 0.2) is 0 Å². The Morgan fingerprint density at radius 3 is 2.36 bits per heavy atom. The van der Waals surface area contributed by atoms with Crippen molar-refractivity contribution < 1.29 is 31.5 Å². The smallest absolute Gasteiger partial charge is 0.387 e. The van der Waals surface area contributed by atoms with Gasteiger partial charge in [-0.3, -0.25) is 4.79 Å². The largest absolute Gasteiger partial charge is 0.435 e. The van der Waals surface area contributed by atoms with Crippen molar-refractivity contribution in [2.24, 2.45) is 5.10 Å². The number of hydrazone groups is 1. The third-order valence-electron chi connectivity index (χ3n) is 5.02. The lowest BCUT2D eigenvalue weighted by Crippen LogP contribution is -2.40. The first-order chi connectivity index (χ1) is 15.8. The molecule has 1 saturated heterocycles. The molecule has 1 aliphatic heterocycles. The van der Waals surface area contributed by atoms with Crippen LogP contribution in [0.2, 0.25) is 0 Å². The molecule has 33 heavy (non-hydrogen) atoms. The van der Waals surface area contributed by atoms with E-state index in [2.05, 4.69) is 15.3 Å². The summed E-state index contributed by atoms with van der Waals surface area (Å²) in [5.74, 6) is -0.272. The number of carbonyl (C=O) groups is 1. The van der Waals surface area contributed by atoms with Gasteiger partial charge < -0.3 is 9.47 Å². The van der Waals surface area contributed by atoms with E-state index in [1.807, 2.05) is 0 Å². The van der Waals surface area contributed by atoms with Crippen LogP contribution in [0.3, 0.4) is 0 Å². The summed E-state index contributed by atoms with van der Waals surface area (Å²) in [5, 5.41) is 4.03. The maximum atomic E-state index is 12.6. The molecule has 3 rings (SSSR count). The van der Waals surface area contributed by atoms with E-state index in [0.29, 0.717) is 44.0 Å². The van der Waals surface area contributed by atoms with Crippen LogP contribution in [-0.4, -0.2) is 57.3 Å². The first-order valence-corrected chi connectivity index (χ1v) is 11.7. The van der Waals surface area contributed by atoms with Crippen LogP contribution in [0.4, 0.5) is 8.78 Å². The van der Waals surface area contributed by atoms with Gasteiger partial charge in [-0.15, -0.1) is 0 Å². The summed E-state index contributed by atoms with van der Waals surface area (Å²) in [4.78, 5) is 12.3. The highest BCUT2D eigenvalue weighted by atomic mass is 32.2. The molecule has 0 aromatic heterocycles. The van der Waals surface area contributed by atoms with Crippen LogP contribution in [-0.2, 0) is 26.0 Å². The van der Waals surface area contributed by atoms with E-state index in [9.17, 15) is 22.0 Å². The number of morpholine rings is 1. The van der Waals surface area contributed by atoms with Crippen molar-refractivity contribution in [3.8, 4) is 5.75 Å². The summed E-state index contributed by atoms with van der Waals surface area (Å²) in [7, 11) is -3.55. The average Bonchev–Trinajstić information content (AvgIpc) is 2.82. The molecule has 0 spiro atoms. The Morgan fingerprint density at radius 1 is 1.12 bits per heavy atom. The van der Waals surface area contributed by atoms with Crippen LogP contribution in [0.15, 0.2) is 58.5 Å². The van der Waals surface area contributed by atoms with Crippen molar-refractivity contribution in [3.05, 3.63) is 59.7 Å². The van der Waals surface area contributed by atoms with Crippen LogP contribution in [0, 0.1) is 0 Å². The highest BCUT2D eigenvalue weighted by molar-refractivity contribution is 7.89. The van der Waals surface area contributed by atoms with Crippen molar-refractivity contribution in [1.82, 2.24) is 9.73 Å². The Kier molecular flexibility index (Phi) is 8.48. The Labute approximate surface area is 191 Å². The fraction of sp³-hybridized carbons (Fsp3) is 0.364. The van der Waals surface area contributed by atoms with E-state index in [4.69, 9.17) is 4.74 Å². The van der Waals surface area contributed by atoms with Gasteiger partial charge in [-0.25, -0.2) is 13.8 Å². The minimum atomic E-state index is -3.55. The second-order valence-corrected chi connectivity index (χ2v) is 9.23. The maximum Gasteiger partial charge on any atom is 0.387 e. The zero-order chi connectivity index (χ0) is 23.8. The lowest BCUT2D eigenvalue weighted by Gasteiger charge is -2.26. The second-order valence-electron chi connectivity index (χ2n) is 7.30. The lowest BCUT2D eigenvalue weighted by atomic mass is 10.1. The lowest BCUT2D eigenvalue weighted by molar-refractivity contribution is -0.121.